The Morgan fingerprint density at radius 3 is 2.81 bits per heavy atom. The molecule has 0 radical (unpaired) electrons. The molecule has 2 rings (SSSR count). The van der Waals surface area contributed by atoms with Gasteiger partial charge in [-0.2, -0.15) is 0 Å². The first-order valence-corrected chi connectivity index (χ1v) is 6.58. The molecule has 112 valence electrons. The number of benzene rings is 1. The second-order valence-electron chi connectivity index (χ2n) is 4.67. The largest absolute Gasteiger partial charge is 0.478 e. The van der Waals surface area contributed by atoms with Gasteiger partial charge in [-0.1, -0.05) is 6.07 Å². The van der Waals surface area contributed by atoms with E-state index in [0.717, 1.165) is 17.2 Å². The van der Waals surface area contributed by atoms with E-state index in [-0.39, 0.29) is 12.5 Å². The normalized spacial score (nSPS) is 18.6. The lowest BCUT2D eigenvalue weighted by Gasteiger charge is -2.22. The van der Waals surface area contributed by atoms with Crippen LogP contribution in [-0.2, 0) is 19.1 Å². The summed E-state index contributed by atoms with van der Waals surface area (Å²) in [5, 5.41) is 11.4. The van der Waals surface area contributed by atoms with Crippen molar-refractivity contribution in [3.05, 3.63) is 35.4 Å². The maximum absolute atomic E-state index is 12.0. The second-order valence-corrected chi connectivity index (χ2v) is 4.67. The molecule has 0 bridgehead atoms. The molecule has 1 aromatic rings. The number of nitrogens with one attached hydrogen (secondary N) is 1. The quantitative estimate of drug-likeness (QED) is 0.820. The first kappa shape index (κ1) is 15.2. The summed E-state index contributed by atoms with van der Waals surface area (Å²) in [5.41, 5.74) is 2.29. The van der Waals surface area contributed by atoms with E-state index in [1.165, 1.54) is 6.08 Å². The van der Waals surface area contributed by atoms with Crippen molar-refractivity contribution in [2.75, 3.05) is 25.1 Å². The van der Waals surface area contributed by atoms with Crippen LogP contribution in [0.15, 0.2) is 24.3 Å². The average Bonchev–Trinajstić information content (AvgIpc) is 2.47. The first-order chi connectivity index (χ1) is 10.1. The van der Waals surface area contributed by atoms with E-state index in [2.05, 4.69) is 5.32 Å². The van der Waals surface area contributed by atoms with Gasteiger partial charge in [0.15, 0.2) is 6.10 Å². The molecular formula is C15H17NO5. The van der Waals surface area contributed by atoms with E-state index in [0.29, 0.717) is 18.9 Å². The van der Waals surface area contributed by atoms with Gasteiger partial charge in [-0.3, -0.25) is 4.79 Å². The average molecular weight is 291 g/mol. The molecule has 21 heavy (non-hydrogen) atoms. The highest BCUT2D eigenvalue weighted by atomic mass is 16.6. The van der Waals surface area contributed by atoms with E-state index in [1.54, 1.807) is 18.2 Å². The second kappa shape index (κ2) is 7.01. The molecule has 1 fully saturated rings. The predicted octanol–water partition coefficient (Wildman–Crippen LogP) is 1.45. The van der Waals surface area contributed by atoms with Crippen LogP contribution in [0.5, 0.6) is 0 Å². The smallest absolute Gasteiger partial charge is 0.328 e. The summed E-state index contributed by atoms with van der Waals surface area (Å²) in [6.07, 6.45) is 2.00. The molecule has 0 aliphatic carbocycles. The summed E-state index contributed by atoms with van der Waals surface area (Å²) < 4.78 is 10.5. The fourth-order valence-electron chi connectivity index (χ4n) is 1.96. The Kier molecular flexibility index (Phi) is 5.08. The van der Waals surface area contributed by atoms with Gasteiger partial charge >= 0.3 is 5.97 Å². The molecule has 1 atom stereocenters. The van der Waals surface area contributed by atoms with Crippen molar-refractivity contribution < 1.29 is 24.2 Å². The molecule has 6 nitrogen and oxygen atoms in total. The maximum atomic E-state index is 12.0. The van der Waals surface area contributed by atoms with Gasteiger partial charge in [0.05, 0.1) is 19.8 Å². The number of hydrogen-bond donors (Lipinski definition) is 2. The number of carbonyl (C=O) groups excluding carboxylic acids is 1. The lowest BCUT2D eigenvalue weighted by atomic mass is 10.1. The van der Waals surface area contributed by atoms with E-state index in [4.69, 9.17) is 14.6 Å². The van der Waals surface area contributed by atoms with Crippen LogP contribution < -0.4 is 5.32 Å². The zero-order chi connectivity index (χ0) is 15.2. The lowest BCUT2D eigenvalue weighted by Crippen LogP contribution is -2.39. The molecule has 1 aliphatic rings. The van der Waals surface area contributed by atoms with Gasteiger partial charge in [-0.15, -0.1) is 0 Å². The fraction of sp³-hybridized carbons (Fsp3) is 0.333. The van der Waals surface area contributed by atoms with Crippen molar-refractivity contribution in [3.8, 4) is 0 Å². The van der Waals surface area contributed by atoms with Crippen molar-refractivity contribution in [1.82, 2.24) is 0 Å². The predicted molar refractivity (Wildman–Crippen MR) is 77.0 cm³/mol. The molecule has 6 heteroatoms. The highest BCUT2D eigenvalue weighted by Gasteiger charge is 2.22. The zero-order valence-electron chi connectivity index (χ0n) is 11.7. The maximum Gasteiger partial charge on any atom is 0.328 e. The monoisotopic (exact) mass is 291 g/mol. The van der Waals surface area contributed by atoms with Crippen LogP contribution in [0.25, 0.3) is 6.08 Å². The molecule has 1 aromatic carbocycles. The molecule has 1 aliphatic heterocycles. The third kappa shape index (κ3) is 4.40. The molecule has 0 saturated carbocycles. The number of amides is 1. The zero-order valence-corrected chi connectivity index (χ0v) is 11.7. The number of carbonyl (C=O) groups is 2. The van der Waals surface area contributed by atoms with E-state index in [1.807, 2.05) is 6.92 Å². The minimum Gasteiger partial charge on any atom is -0.478 e. The number of carboxylic acids is 1. The van der Waals surface area contributed by atoms with Gasteiger partial charge in [0.25, 0.3) is 5.91 Å². The fourth-order valence-corrected chi connectivity index (χ4v) is 1.96. The number of ether oxygens (including phenoxy) is 2. The molecule has 1 heterocycles. The van der Waals surface area contributed by atoms with Crippen molar-refractivity contribution >= 4 is 23.6 Å². The van der Waals surface area contributed by atoms with E-state index in [9.17, 15) is 9.59 Å². The number of anilines is 1. The summed E-state index contributed by atoms with van der Waals surface area (Å²) in [5.74, 6) is -1.25. The van der Waals surface area contributed by atoms with Crippen LogP contribution in [-0.4, -0.2) is 42.9 Å². The Labute approximate surface area is 122 Å². The van der Waals surface area contributed by atoms with Crippen LogP contribution in [0, 0.1) is 6.92 Å². The summed E-state index contributed by atoms with van der Waals surface area (Å²) in [4.78, 5) is 22.5. The molecule has 1 unspecified atom stereocenters. The Hall–Kier alpha value is -2.18. The van der Waals surface area contributed by atoms with Gasteiger partial charge in [0, 0.05) is 11.8 Å². The topological polar surface area (TPSA) is 84.9 Å². The highest BCUT2D eigenvalue weighted by Crippen LogP contribution is 2.17. The number of hydrogen-bond acceptors (Lipinski definition) is 4. The minimum absolute atomic E-state index is 0.247. The summed E-state index contributed by atoms with van der Waals surface area (Å²) in [7, 11) is 0. The Morgan fingerprint density at radius 1 is 1.38 bits per heavy atom. The van der Waals surface area contributed by atoms with Crippen LogP contribution in [0.1, 0.15) is 11.1 Å². The van der Waals surface area contributed by atoms with Gasteiger partial charge in [0.1, 0.15) is 0 Å². The summed E-state index contributed by atoms with van der Waals surface area (Å²) in [6.45, 7) is 3.02. The number of carboxylic acid groups (broad SMARTS) is 1. The van der Waals surface area contributed by atoms with Crippen molar-refractivity contribution in [1.29, 1.82) is 0 Å². The van der Waals surface area contributed by atoms with Crippen molar-refractivity contribution in [2.24, 2.45) is 0 Å². The minimum atomic E-state index is -0.999. The molecule has 0 aromatic heterocycles. The molecule has 2 N–H and O–H groups in total. The molecule has 1 saturated heterocycles. The van der Waals surface area contributed by atoms with Crippen LogP contribution >= 0.6 is 0 Å². The number of aryl methyl sites for hydroxylation is 1. The molecule has 0 spiro atoms. The Morgan fingerprint density at radius 2 is 2.19 bits per heavy atom. The Balaban J connectivity index is 2.02. The van der Waals surface area contributed by atoms with Crippen molar-refractivity contribution in [3.63, 3.8) is 0 Å². The van der Waals surface area contributed by atoms with Crippen molar-refractivity contribution in [2.45, 2.75) is 13.0 Å². The van der Waals surface area contributed by atoms with Gasteiger partial charge in [0.2, 0.25) is 0 Å². The third-order valence-electron chi connectivity index (χ3n) is 3.05. The van der Waals surface area contributed by atoms with Gasteiger partial charge in [-0.05, 0) is 36.3 Å². The summed E-state index contributed by atoms with van der Waals surface area (Å²) in [6, 6.07) is 5.25. The van der Waals surface area contributed by atoms with Gasteiger partial charge in [-0.25, -0.2) is 4.79 Å². The molecular weight excluding hydrogens is 274 g/mol. The number of rotatable bonds is 4. The van der Waals surface area contributed by atoms with Gasteiger partial charge < -0.3 is 19.9 Å². The Bertz CT molecular complexity index is 561. The lowest BCUT2D eigenvalue weighted by molar-refractivity contribution is -0.142. The van der Waals surface area contributed by atoms with E-state index >= 15 is 0 Å². The third-order valence-corrected chi connectivity index (χ3v) is 3.05. The molecule has 1 amide bonds. The summed E-state index contributed by atoms with van der Waals surface area (Å²) >= 11 is 0. The standard InChI is InChI=1S/C15H17NO5/c1-10-8-12(4-2-11(10)3-5-14(17)18)16-15(19)13-9-20-6-7-21-13/h2-5,8,13H,6-7,9H2,1H3,(H,16,19)(H,17,18). The SMILES string of the molecule is Cc1cc(NC(=O)C2COCCO2)ccc1C=CC(=O)O. The van der Waals surface area contributed by atoms with Crippen LogP contribution in [0.2, 0.25) is 0 Å². The van der Waals surface area contributed by atoms with E-state index < -0.39 is 12.1 Å². The first-order valence-electron chi connectivity index (χ1n) is 6.58. The van der Waals surface area contributed by atoms with Crippen LogP contribution in [0.4, 0.5) is 5.69 Å². The van der Waals surface area contributed by atoms with Crippen LogP contribution in [0.3, 0.4) is 0 Å². The highest BCUT2D eigenvalue weighted by molar-refractivity contribution is 5.94. The number of aliphatic carboxylic acids is 1.